The third kappa shape index (κ3) is 3.17. The maximum Gasteiger partial charge on any atom is 0.268 e. The fourth-order valence-corrected chi connectivity index (χ4v) is 4.13. The first-order chi connectivity index (χ1) is 13.0. The second kappa shape index (κ2) is 6.85. The number of aromatic hydroxyl groups is 1. The SMILES string of the molecule is CN(C(=O)c1cc2c(-c3ccc(F)cc3)cccc2s1)c1ccccc1O. The van der Waals surface area contributed by atoms with Gasteiger partial charge in [0.25, 0.3) is 5.91 Å². The van der Waals surface area contributed by atoms with Crippen molar-refractivity contribution in [2.24, 2.45) is 0 Å². The topological polar surface area (TPSA) is 40.5 Å². The Morgan fingerprint density at radius 2 is 1.74 bits per heavy atom. The normalized spacial score (nSPS) is 10.9. The highest BCUT2D eigenvalue weighted by Crippen LogP contribution is 2.35. The van der Waals surface area contributed by atoms with E-state index in [0.29, 0.717) is 10.6 Å². The molecule has 1 aromatic heterocycles. The number of nitrogens with zero attached hydrogens (tertiary/aromatic N) is 1. The number of anilines is 1. The quantitative estimate of drug-likeness (QED) is 0.498. The summed E-state index contributed by atoms with van der Waals surface area (Å²) in [5.41, 5.74) is 2.31. The van der Waals surface area contributed by atoms with Crippen LogP contribution in [0, 0.1) is 5.82 Å². The van der Waals surface area contributed by atoms with Crippen molar-refractivity contribution in [1.82, 2.24) is 0 Å². The van der Waals surface area contributed by atoms with Gasteiger partial charge in [0.05, 0.1) is 10.6 Å². The summed E-state index contributed by atoms with van der Waals surface area (Å²) in [6, 6.07) is 20.8. The predicted molar refractivity (Wildman–Crippen MR) is 108 cm³/mol. The van der Waals surface area contributed by atoms with Crippen molar-refractivity contribution in [3.8, 4) is 16.9 Å². The molecule has 0 spiro atoms. The highest BCUT2D eigenvalue weighted by molar-refractivity contribution is 7.21. The molecule has 0 saturated heterocycles. The lowest BCUT2D eigenvalue weighted by molar-refractivity contribution is 0.0996. The molecule has 27 heavy (non-hydrogen) atoms. The molecule has 5 heteroatoms. The molecule has 4 rings (SSSR count). The summed E-state index contributed by atoms with van der Waals surface area (Å²) < 4.78 is 14.2. The Hall–Kier alpha value is -3.18. The van der Waals surface area contributed by atoms with Crippen LogP contribution in [-0.2, 0) is 0 Å². The molecule has 1 amide bonds. The van der Waals surface area contributed by atoms with Crippen LogP contribution in [0.15, 0.2) is 72.8 Å². The van der Waals surface area contributed by atoms with E-state index in [-0.39, 0.29) is 17.5 Å². The first-order valence-corrected chi connectivity index (χ1v) is 9.21. The Balaban J connectivity index is 1.76. The smallest absolute Gasteiger partial charge is 0.268 e. The third-order valence-electron chi connectivity index (χ3n) is 4.48. The lowest BCUT2D eigenvalue weighted by Crippen LogP contribution is -2.25. The van der Waals surface area contributed by atoms with Gasteiger partial charge in [-0.05, 0) is 47.5 Å². The molecule has 0 saturated carbocycles. The highest BCUT2D eigenvalue weighted by Gasteiger charge is 2.19. The van der Waals surface area contributed by atoms with Crippen molar-refractivity contribution in [1.29, 1.82) is 0 Å². The Morgan fingerprint density at radius 1 is 1.00 bits per heavy atom. The molecule has 0 aliphatic rings. The van der Waals surface area contributed by atoms with Crippen LogP contribution in [0.5, 0.6) is 5.75 Å². The molecule has 4 aromatic rings. The van der Waals surface area contributed by atoms with Crippen LogP contribution >= 0.6 is 11.3 Å². The summed E-state index contributed by atoms with van der Waals surface area (Å²) in [5.74, 6) is -0.416. The molecule has 3 aromatic carbocycles. The van der Waals surface area contributed by atoms with E-state index < -0.39 is 0 Å². The van der Waals surface area contributed by atoms with Crippen molar-refractivity contribution in [3.63, 3.8) is 0 Å². The average molecular weight is 377 g/mol. The molecule has 1 N–H and O–H groups in total. The Labute approximate surface area is 159 Å². The Morgan fingerprint density at radius 3 is 2.48 bits per heavy atom. The Bertz CT molecular complexity index is 1130. The van der Waals surface area contributed by atoms with E-state index in [1.807, 2.05) is 24.3 Å². The van der Waals surface area contributed by atoms with Gasteiger partial charge in [0.15, 0.2) is 0 Å². The first kappa shape index (κ1) is 17.2. The highest BCUT2D eigenvalue weighted by atomic mass is 32.1. The van der Waals surface area contributed by atoms with Gasteiger partial charge in [-0.25, -0.2) is 4.39 Å². The molecule has 1 heterocycles. The molecule has 0 bridgehead atoms. The maximum atomic E-state index is 13.2. The first-order valence-electron chi connectivity index (χ1n) is 8.39. The number of amides is 1. The van der Waals surface area contributed by atoms with Crippen LogP contribution in [0.1, 0.15) is 9.67 Å². The number of thiophene rings is 1. The van der Waals surface area contributed by atoms with Gasteiger partial charge in [-0.15, -0.1) is 11.3 Å². The Kier molecular flexibility index (Phi) is 4.38. The number of rotatable bonds is 3. The van der Waals surface area contributed by atoms with Gasteiger partial charge in [-0.3, -0.25) is 4.79 Å². The largest absolute Gasteiger partial charge is 0.506 e. The molecule has 0 atom stereocenters. The van der Waals surface area contributed by atoms with Crippen LogP contribution in [0.4, 0.5) is 10.1 Å². The summed E-state index contributed by atoms with van der Waals surface area (Å²) in [6.45, 7) is 0. The summed E-state index contributed by atoms with van der Waals surface area (Å²) in [4.78, 5) is 15.0. The number of halogens is 1. The zero-order valence-electron chi connectivity index (χ0n) is 14.5. The number of phenolic OH excluding ortho intramolecular Hbond substituents is 1. The molecular weight excluding hydrogens is 361 g/mol. The zero-order chi connectivity index (χ0) is 19.0. The minimum absolute atomic E-state index is 0.0569. The zero-order valence-corrected chi connectivity index (χ0v) is 15.3. The van der Waals surface area contributed by atoms with E-state index >= 15 is 0 Å². The van der Waals surface area contributed by atoms with Gasteiger partial charge in [-0.2, -0.15) is 0 Å². The van der Waals surface area contributed by atoms with E-state index in [1.54, 1.807) is 43.4 Å². The van der Waals surface area contributed by atoms with Crippen LogP contribution in [0.2, 0.25) is 0 Å². The monoisotopic (exact) mass is 377 g/mol. The number of carbonyl (C=O) groups excluding carboxylic acids is 1. The fourth-order valence-electron chi connectivity index (χ4n) is 3.07. The fraction of sp³-hybridized carbons (Fsp3) is 0.0455. The van der Waals surface area contributed by atoms with Gasteiger partial charge in [0, 0.05) is 17.1 Å². The number of carbonyl (C=O) groups is 1. The van der Waals surface area contributed by atoms with Crippen LogP contribution in [-0.4, -0.2) is 18.1 Å². The average Bonchev–Trinajstić information content (AvgIpc) is 3.12. The number of fused-ring (bicyclic) bond motifs is 1. The van der Waals surface area contributed by atoms with Gasteiger partial charge in [0.1, 0.15) is 11.6 Å². The van der Waals surface area contributed by atoms with E-state index in [2.05, 4.69) is 0 Å². The van der Waals surface area contributed by atoms with Gasteiger partial charge >= 0.3 is 0 Å². The van der Waals surface area contributed by atoms with Crippen LogP contribution < -0.4 is 4.90 Å². The van der Waals surface area contributed by atoms with E-state index in [1.165, 1.54) is 28.4 Å². The molecule has 0 aliphatic carbocycles. The second-order valence-electron chi connectivity index (χ2n) is 6.19. The minimum Gasteiger partial charge on any atom is -0.506 e. The lowest BCUT2D eigenvalue weighted by atomic mass is 10.0. The number of para-hydroxylation sites is 2. The molecule has 0 fully saturated rings. The van der Waals surface area contributed by atoms with Crippen molar-refractivity contribution in [2.45, 2.75) is 0 Å². The van der Waals surface area contributed by atoms with E-state index in [4.69, 9.17) is 0 Å². The molecule has 0 aliphatic heterocycles. The third-order valence-corrected chi connectivity index (χ3v) is 5.56. The molecule has 3 nitrogen and oxygen atoms in total. The predicted octanol–water partition coefficient (Wildman–Crippen LogP) is 5.69. The van der Waals surface area contributed by atoms with Crippen LogP contribution in [0.25, 0.3) is 21.2 Å². The summed E-state index contributed by atoms with van der Waals surface area (Å²) in [5, 5.41) is 11.0. The molecule has 0 unspecified atom stereocenters. The molecule has 134 valence electrons. The summed E-state index contributed by atoms with van der Waals surface area (Å²) >= 11 is 1.40. The number of hydrogen-bond acceptors (Lipinski definition) is 3. The number of benzene rings is 3. The van der Waals surface area contributed by atoms with Crippen LogP contribution in [0.3, 0.4) is 0 Å². The maximum absolute atomic E-state index is 13.2. The van der Waals surface area contributed by atoms with Crippen molar-refractivity contribution >= 4 is 33.0 Å². The standard InChI is InChI=1S/C22H16FNO2S/c1-24(18-6-2-3-7-19(18)25)22(26)21-13-17-16(5-4-8-20(17)27-21)14-9-11-15(23)12-10-14/h2-13,25H,1H3. The van der Waals surface area contributed by atoms with Crippen molar-refractivity contribution < 1.29 is 14.3 Å². The summed E-state index contributed by atoms with van der Waals surface area (Å²) in [7, 11) is 1.64. The van der Waals surface area contributed by atoms with Crippen molar-refractivity contribution in [3.05, 3.63) is 83.5 Å². The number of hydrogen-bond donors (Lipinski definition) is 1. The van der Waals surface area contributed by atoms with Gasteiger partial charge in [0.2, 0.25) is 0 Å². The van der Waals surface area contributed by atoms with Crippen molar-refractivity contribution in [2.75, 3.05) is 11.9 Å². The molecule has 0 radical (unpaired) electrons. The second-order valence-corrected chi connectivity index (χ2v) is 7.27. The van der Waals surface area contributed by atoms with Gasteiger partial charge < -0.3 is 10.0 Å². The van der Waals surface area contributed by atoms with Gasteiger partial charge in [-0.1, -0.05) is 36.4 Å². The summed E-state index contributed by atoms with van der Waals surface area (Å²) in [6.07, 6.45) is 0. The minimum atomic E-state index is -0.281. The van der Waals surface area contributed by atoms with E-state index in [9.17, 15) is 14.3 Å². The number of phenols is 1. The van der Waals surface area contributed by atoms with E-state index in [0.717, 1.165) is 21.2 Å². The lowest BCUT2D eigenvalue weighted by Gasteiger charge is -2.17. The molecular formula is C22H16FNO2S.